The molecule has 2 heterocycles. The molecule has 0 aliphatic carbocycles. The molecule has 0 unspecified atom stereocenters. The van der Waals surface area contributed by atoms with E-state index in [0.717, 1.165) is 17.7 Å². The van der Waals surface area contributed by atoms with Crippen molar-refractivity contribution >= 4 is 28.8 Å². The van der Waals surface area contributed by atoms with Crippen LogP contribution in [0.5, 0.6) is 0 Å². The Kier molecular flexibility index (Phi) is 7.96. The Bertz CT molecular complexity index is 1320. The number of hydrogen-bond donors (Lipinski definition) is 1. The van der Waals surface area contributed by atoms with Gasteiger partial charge in [-0.05, 0) is 61.6 Å². The Morgan fingerprint density at radius 1 is 1.11 bits per heavy atom. The first-order chi connectivity index (χ1) is 17.9. The minimum atomic E-state index is -4.51. The molecule has 1 amide bonds. The van der Waals surface area contributed by atoms with Gasteiger partial charge in [-0.3, -0.25) is 4.79 Å². The highest BCUT2D eigenvalue weighted by atomic mass is 32.2. The molecule has 0 fully saturated rings. The summed E-state index contributed by atoms with van der Waals surface area (Å²) in [5.41, 5.74) is 1.41. The van der Waals surface area contributed by atoms with Crippen LogP contribution >= 0.6 is 11.8 Å². The highest BCUT2D eigenvalue weighted by Gasteiger charge is 2.41. The lowest BCUT2D eigenvalue weighted by Crippen LogP contribution is -2.38. The molecule has 200 valence electrons. The Morgan fingerprint density at radius 3 is 2.37 bits per heavy atom. The Balaban J connectivity index is 1.63. The van der Waals surface area contributed by atoms with Crippen LogP contribution in [0.15, 0.2) is 75.9 Å². The SMILES string of the molecule is CC1=C(C(=O)OC(C)C)[C@H](c2ccc(C(F)(F)F)cc2)N2C(CC(=O)NCc3ccc(F)cc3)=CSC2=N1. The summed E-state index contributed by atoms with van der Waals surface area (Å²) in [6.07, 6.45) is -5.02. The third-order valence-electron chi connectivity index (χ3n) is 5.86. The first kappa shape index (κ1) is 27.4. The number of thioether (sulfide) groups is 1. The van der Waals surface area contributed by atoms with E-state index < -0.39 is 29.9 Å². The zero-order valence-corrected chi connectivity index (χ0v) is 21.6. The molecule has 0 spiro atoms. The van der Waals surface area contributed by atoms with E-state index in [0.29, 0.717) is 22.1 Å². The number of nitrogens with one attached hydrogen (secondary N) is 1. The smallest absolute Gasteiger partial charge is 0.416 e. The Morgan fingerprint density at radius 2 is 1.76 bits per heavy atom. The predicted molar refractivity (Wildman–Crippen MR) is 136 cm³/mol. The maximum atomic E-state index is 13.2. The number of carbonyl (C=O) groups is 2. The summed E-state index contributed by atoms with van der Waals surface area (Å²) in [4.78, 5) is 32.2. The van der Waals surface area contributed by atoms with Gasteiger partial charge >= 0.3 is 12.1 Å². The fraction of sp³-hybridized carbons (Fsp3) is 0.296. The van der Waals surface area contributed by atoms with Crippen LogP contribution in [0, 0.1) is 5.82 Å². The summed E-state index contributed by atoms with van der Waals surface area (Å²) in [6, 6.07) is 9.45. The van der Waals surface area contributed by atoms with Gasteiger partial charge in [-0.2, -0.15) is 13.2 Å². The van der Waals surface area contributed by atoms with Gasteiger partial charge in [0, 0.05) is 12.2 Å². The van der Waals surface area contributed by atoms with E-state index in [9.17, 15) is 27.2 Å². The molecule has 1 atom stereocenters. The average Bonchev–Trinajstić information content (AvgIpc) is 3.23. The molecule has 0 aromatic heterocycles. The average molecular weight is 548 g/mol. The van der Waals surface area contributed by atoms with Crippen molar-refractivity contribution in [2.75, 3.05) is 0 Å². The van der Waals surface area contributed by atoms with E-state index in [4.69, 9.17) is 4.74 Å². The molecular weight excluding hydrogens is 522 g/mol. The summed E-state index contributed by atoms with van der Waals surface area (Å²) in [7, 11) is 0. The van der Waals surface area contributed by atoms with E-state index >= 15 is 0 Å². The molecule has 0 saturated heterocycles. The number of rotatable bonds is 7. The largest absolute Gasteiger partial charge is 0.459 e. The van der Waals surface area contributed by atoms with Gasteiger partial charge in [0.15, 0.2) is 5.17 Å². The maximum absolute atomic E-state index is 13.2. The number of fused-ring (bicyclic) bond motifs is 1. The first-order valence-corrected chi connectivity index (χ1v) is 12.7. The molecule has 0 bridgehead atoms. The first-order valence-electron chi connectivity index (χ1n) is 11.8. The number of halogens is 4. The van der Waals surface area contributed by atoms with Crippen LogP contribution in [0.25, 0.3) is 0 Å². The van der Waals surface area contributed by atoms with E-state index in [1.165, 1.54) is 36.0 Å². The number of alkyl halides is 3. The molecule has 38 heavy (non-hydrogen) atoms. The van der Waals surface area contributed by atoms with Crippen LogP contribution < -0.4 is 5.32 Å². The number of nitrogens with zero attached hydrogens (tertiary/aromatic N) is 2. The number of aliphatic imine (C=N–C) groups is 1. The van der Waals surface area contributed by atoms with Crippen molar-refractivity contribution in [2.45, 2.75) is 52.1 Å². The number of amidine groups is 1. The van der Waals surface area contributed by atoms with Crippen molar-refractivity contribution in [2.24, 2.45) is 4.99 Å². The van der Waals surface area contributed by atoms with Gasteiger partial charge in [0.1, 0.15) is 5.82 Å². The quantitative estimate of drug-likeness (QED) is 0.336. The third-order valence-corrected chi connectivity index (χ3v) is 6.75. The number of hydrogen-bond acceptors (Lipinski definition) is 6. The second-order valence-electron chi connectivity index (χ2n) is 9.05. The highest BCUT2D eigenvalue weighted by Crippen LogP contribution is 2.45. The molecule has 2 aliphatic heterocycles. The topological polar surface area (TPSA) is 71.0 Å². The monoisotopic (exact) mass is 547 g/mol. The molecule has 0 saturated carbocycles. The number of benzene rings is 2. The van der Waals surface area contributed by atoms with Crippen LogP contribution in [0.3, 0.4) is 0 Å². The van der Waals surface area contributed by atoms with E-state index in [1.54, 1.807) is 43.2 Å². The molecule has 2 aromatic rings. The molecule has 6 nitrogen and oxygen atoms in total. The Hall–Kier alpha value is -3.60. The fourth-order valence-electron chi connectivity index (χ4n) is 4.11. The normalized spacial score (nSPS) is 17.3. The lowest BCUT2D eigenvalue weighted by Gasteiger charge is -2.36. The summed E-state index contributed by atoms with van der Waals surface area (Å²) in [6.45, 7) is 5.22. The van der Waals surface area contributed by atoms with Crippen molar-refractivity contribution in [3.63, 3.8) is 0 Å². The zero-order valence-electron chi connectivity index (χ0n) is 20.8. The van der Waals surface area contributed by atoms with Gasteiger partial charge in [0.05, 0.1) is 35.4 Å². The fourth-order valence-corrected chi connectivity index (χ4v) is 5.07. The summed E-state index contributed by atoms with van der Waals surface area (Å²) in [5.74, 6) is -1.34. The molecular formula is C27H25F4N3O3S. The van der Waals surface area contributed by atoms with Crippen LogP contribution in [-0.2, 0) is 27.0 Å². The van der Waals surface area contributed by atoms with E-state index in [2.05, 4.69) is 10.3 Å². The minimum absolute atomic E-state index is 0.0735. The van der Waals surface area contributed by atoms with Gasteiger partial charge in [0.2, 0.25) is 5.91 Å². The number of allylic oxidation sites excluding steroid dienone is 1. The molecule has 2 aromatic carbocycles. The van der Waals surface area contributed by atoms with Crippen LogP contribution in [0.2, 0.25) is 0 Å². The summed E-state index contributed by atoms with van der Waals surface area (Å²) in [5, 5.41) is 5.01. The maximum Gasteiger partial charge on any atom is 0.416 e. The van der Waals surface area contributed by atoms with E-state index in [1.807, 2.05) is 0 Å². The molecule has 4 rings (SSSR count). The van der Waals surface area contributed by atoms with Crippen LogP contribution in [0.1, 0.15) is 49.9 Å². The highest BCUT2D eigenvalue weighted by molar-refractivity contribution is 8.16. The minimum Gasteiger partial charge on any atom is -0.459 e. The van der Waals surface area contributed by atoms with Crippen molar-refractivity contribution in [3.8, 4) is 0 Å². The predicted octanol–water partition coefficient (Wildman–Crippen LogP) is 6.08. The lowest BCUT2D eigenvalue weighted by atomic mass is 9.93. The number of amides is 1. The van der Waals surface area contributed by atoms with Crippen molar-refractivity contribution in [1.82, 2.24) is 10.2 Å². The van der Waals surface area contributed by atoms with Crippen molar-refractivity contribution < 1.29 is 31.9 Å². The molecule has 0 radical (unpaired) electrons. The second kappa shape index (κ2) is 11.0. The summed E-state index contributed by atoms with van der Waals surface area (Å²) >= 11 is 1.26. The summed E-state index contributed by atoms with van der Waals surface area (Å²) < 4.78 is 58.3. The molecule has 11 heteroatoms. The van der Waals surface area contributed by atoms with Gasteiger partial charge in [0.25, 0.3) is 0 Å². The van der Waals surface area contributed by atoms with Gasteiger partial charge in [-0.25, -0.2) is 14.2 Å². The zero-order chi connectivity index (χ0) is 27.6. The standard InChI is InChI=1S/C27H25F4N3O3S/c1-15(2)37-25(36)23-16(3)33-26-34(24(23)18-6-8-19(9-7-18)27(29,30)31)21(14-38-26)12-22(35)32-13-17-4-10-20(28)11-5-17/h4-11,14-15,24H,12-13H2,1-3H3,(H,32,35)/t24-/m0/s1. The van der Waals surface area contributed by atoms with Gasteiger partial charge in [-0.15, -0.1) is 0 Å². The van der Waals surface area contributed by atoms with Crippen LogP contribution in [0.4, 0.5) is 17.6 Å². The molecule has 2 aliphatic rings. The van der Waals surface area contributed by atoms with Gasteiger partial charge < -0.3 is 15.0 Å². The van der Waals surface area contributed by atoms with E-state index in [-0.39, 0.29) is 30.3 Å². The van der Waals surface area contributed by atoms with Crippen molar-refractivity contribution in [3.05, 3.63) is 93.4 Å². The lowest BCUT2D eigenvalue weighted by molar-refractivity contribution is -0.143. The Labute approximate surface area is 221 Å². The van der Waals surface area contributed by atoms with Crippen molar-refractivity contribution in [1.29, 1.82) is 0 Å². The number of carbonyl (C=O) groups excluding carboxylic acids is 2. The number of esters is 1. The molecule has 1 N–H and O–H groups in total. The van der Waals surface area contributed by atoms with Crippen LogP contribution in [-0.4, -0.2) is 28.0 Å². The second-order valence-corrected chi connectivity index (χ2v) is 9.88. The number of ether oxygens (including phenoxy) is 1. The third kappa shape index (κ3) is 6.09. The van der Waals surface area contributed by atoms with Gasteiger partial charge in [-0.1, -0.05) is 36.0 Å².